The predicted molar refractivity (Wildman–Crippen MR) is 67.1 cm³/mol. The molecule has 0 spiro atoms. The maximum atomic E-state index is 9.36. The van der Waals surface area contributed by atoms with Gasteiger partial charge in [0.2, 0.25) is 0 Å². The minimum Gasteiger partial charge on any atom is -0.396 e. The Morgan fingerprint density at radius 3 is 2.83 bits per heavy atom. The van der Waals surface area contributed by atoms with Gasteiger partial charge < -0.3 is 9.67 Å². The third kappa shape index (κ3) is 1.54. The molecular weight excluding hydrogens is 226 g/mol. The molecule has 2 heterocycles. The summed E-state index contributed by atoms with van der Waals surface area (Å²) >= 11 is 0. The van der Waals surface area contributed by atoms with Crippen LogP contribution in [0.5, 0.6) is 0 Å². The smallest absolute Gasteiger partial charge is 0.136 e. The Morgan fingerprint density at radius 2 is 2.11 bits per heavy atom. The fraction of sp³-hybridized carbons (Fsp3) is 0.857. The van der Waals surface area contributed by atoms with Crippen molar-refractivity contribution in [3.63, 3.8) is 0 Å². The summed E-state index contributed by atoms with van der Waals surface area (Å²) in [6, 6.07) is 0. The van der Waals surface area contributed by atoms with E-state index >= 15 is 0 Å². The lowest BCUT2D eigenvalue weighted by atomic mass is 9.87. The van der Waals surface area contributed by atoms with Crippen molar-refractivity contribution in [3.8, 4) is 0 Å². The minimum atomic E-state index is 0.299. The molecule has 4 nitrogen and oxygen atoms in total. The van der Waals surface area contributed by atoms with Crippen LogP contribution in [0.4, 0.5) is 0 Å². The van der Waals surface area contributed by atoms with Crippen LogP contribution >= 0.6 is 0 Å². The van der Waals surface area contributed by atoms with Crippen LogP contribution in [-0.2, 0) is 13.0 Å². The molecule has 1 aromatic heterocycles. The lowest BCUT2D eigenvalue weighted by Crippen LogP contribution is -2.26. The molecular formula is C14H21N3O. The SMILES string of the molecule is OCC1CCc2nnc(C3CC4CCC3C4)n2C1. The quantitative estimate of drug-likeness (QED) is 0.866. The van der Waals surface area contributed by atoms with Crippen molar-refractivity contribution in [3.05, 3.63) is 11.6 Å². The van der Waals surface area contributed by atoms with E-state index in [-0.39, 0.29) is 0 Å². The summed E-state index contributed by atoms with van der Waals surface area (Å²) in [5.74, 6) is 5.25. The van der Waals surface area contributed by atoms with Crippen LogP contribution in [0.3, 0.4) is 0 Å². The first-order valence-electron chi connectivity index (χ1n) is 7.38. The molecule has 4 heteroatoms. The minimum absolute atomic E-state index is 0.299. The Morgan fingerprint density at radius 1 is 1.17 bits per heavy atom. The standard InChI is InChI=1S/C14H21N3O/c18-8-10-2-4-13-15-16-14(17(13)7-10)12-6-9-1-3-11(12)5-9/h9-12,18H,1-8H2. The lowest BCUT2D eigenvalue weighted by Gasteiger charge is -2.26. The van der Waals surface area contributed by atoms with E-state index in [1.165, 1.54) is 31.5 Å². The highest BCUT2D eigenvalue weighted by Crippen LogP contribution is 2.52. The molecule has 0 amide bonds. The molecule has 1 aliphatic heterocycles. The van der Waals surface area contributed by atoms with Gasteiger partial charge in [0.1, 0.15) is 11.6 Å². The van der Waals surface area contributed by atoms with Crippen molar-refractivity contribution in [1.82, 2.24) is 14.8 Å². The summed E-state index contributed by atoms with van der Waals surface area (Å²) in [4.78, 5) is 0. The molecule has 4 unspecified atom stereocenters. The molecule has 0 aromatic carbocycles. The molecule has 2 saturated carbocycles. The molecule has 4 rings (SSSR count). The average Bonchev–Trinajstić information content (AvgIpc) is 3.11. The highest BCUT2D eigenvalue weighted by atomic mass is 16.3. The van der Waals surface area contributed by atoms with Gasteiger partial charge in [-0.05, 0) is 37.5 Å². The molecule has 2 fully saturated rings. The second kappa shape index (κ2) is 4.05. The van der Waals surface area contributed by atoms with Crippen molar-refractivity contribution in [2.24, 2.45) is 17.8 Å². The monoisotopic (exact) mass is 247 g/mol. The first-order chi connectivity index (χ1) is 8.85. The first-order valence-corrected chi connectivity index (χ1v) is 7.38. The fourth-order valence-corrected chi connectivity index (χ4v) is 4.40. The Hall–Kier alpha value is -0.900. The summed E-state index contributed by atoms with van der Waals surface area (Å²) in [7, 11) is 0. The van der Waals surface area contributed by atoms with Gasteiger partial charge in [0.25, 0.3) is 0 Å². The molecule has 1 aromatic rings. The summed E-state index contributed by atoms with van der Waals surface area (Å²) < 4.78 is 2.33. The van der Waals surface area contributed by atoms with Crippen molar-refractivity contribution in [2.75, 3.05) is 6.61 Å². The third-order valence-electron chi connectivity index (χ3n) is 5.40. The van der Waals surface area contributed by atoms with Gasteiger partial charge in [-0.2, -0.15) is 0 Å². The predicted octanol–water partition coefficient (Wildman–Crippen LogP) is 1.74. The van der Waals surface area contributed by atoms with E-state index in [1.807, 2.05) is 0 Å². The summed E-state index contributed by atoms with van der Waals surface area (Å²) in [5, 5.41) is 18.2. The topological polar surface area (TPSA) is 50.9 Å². The Kier molecular flexibility index (Phi) is 2.47. The Bertz CT molecular complexity index is 456. The van der Waals surface area contributed by atoms with Crippen LogP contribution in [0.1, 0.15) is 49.7 Å². The molecule has 18 heavy (non-hydrogen) atoms. The number of aliphatic hydroxyl groups is 1. The van der Waals surface area contributed by atoms with Gasteiger partial charge in [0, 0.05) is 31.4 Å². The zero-order valence-electron chi connectivity index (χ0n) is 10.8. The highest BCUT2D eigenvalue weighted by molar-refractivity contribution is 5.11. The van der Waals surface area contributed by atoms with Gasteiger partial charge in [-0.25, -0.2) is 0 Å². The molecule has 4 atom stereocenters. The molecule has 0 saturated heterocycles. The zero-order chi connectivity index (χ0) is 12.1. The van der Waals surface area contributed by atoms with Gasteiger partial charge in [-0.3, -0.25) is 0 Å². The maximum absolute atomic E-state index is 9.36. The lowest BCUT2D eigenvalue weighted by molar-refractivity contribution is 0.188. The van der Waals surface area contributed by atoms with Crippen LogP contribution in [0.25, 0.3) is 0 Å². The van der Waals surface area contributed by atoms with Crippen LogP contribution < -0.4 is 0 Å². The maximum Gasteiger partial charge on any atom is 0.136 e. The largest absolute Gasteiger partial charge is 0.396 e. The van der Waals surface area contributed by atoms with Gasteiger partial charge in [-0.1, -0.05) is 6.42 Å². The molecule has 2 aliphatic carbocycles. The second-order valence-electron chi connectivity index (χ2n) is 6.45. The molecule has 3 aliphatic rings. The van der Waals surface area contributed by atoms with Crippen LogP contribution in [0, 0.1) is 17.8 Å². The summed E-state index contributed by atoms with van der Waals surface area (Å²) in [6.45, 7) is 1.23. The van der Waals surface area contributed by atoms with Crippen molar-refractivity contribution < 1.29 is 5.11 Å². The van der Waals surface area contributed by atoms with E-state index in [0.717, 1.165) is 37.0 Å². The number of aliphatic hydroxyl groups excluding tert-OH is 1. The van der Waals surface area contributed by atoms with E-state index in [2.05, 4.69) is 14.8 Å². The number of hydrogen-bond donors (Lipinski definition) is 1. The van der Waals surface area contributed by atoms with Gasteiger partial charge in [0.05, 0.1) is 0 Å². The van der Waals surface area contributed by atoms with Gasteiger partial charge >= 0.3 is 0 Å². The van der Waals surface area contributed by atoms with Crippen LogP contribution in [-0.4, -0.2) is 26.5 Å². The Balaban J connectivity index is 1.64. The fourth-order valence-electron chi connectivity index (χ4n) is 4.40. The average molecular weight is 247 g/mol. The number of fused-ring (bicyclic) bond motifs is 3. The second-order valence-corrected chi connectivity index (χ2v) is 6.45. The first kappa shape index (κ1) is 11.0. The van der Waals surface area contributed by atoms with Crippen molar-refractivity contribution in [2.45, 2.75) is 51.0 Å². The van der Waals surface area contributed by atoms with E-state index < -0.39 is 0 Å². The normalized spacial score (nSPS) is 38.1. The van der Waals surface area contributed by atoms with E-state index in [4.69, 9.17) is 0 Å². The number of aromatic nitrogens is 3. The molecule has 0 radical (unpaired) electrons. The summed E-state index contributed by atoms with van der Waals surface area (Å²) in [5.41, 5.74) is 0. The molecule has 98 valence electrons. The number of aryl methyl sites for hydroxylation is 1. The highest BCUT2D eigenvalue weighted by Gasteiger charge is 2.43. The van der Waals surface area contributed by atoms with Gasteiger partial charge in [0.15, 0.2) is 0 Å². The number of rotatable bonds is 2. The number of hydrogen-bond acceptors (Lipinski definition) is 3. The van der Waals surface area contributed by atoms with E-state index in [1.54, 1.807) is 0 Å². The Labute approximate surface area is 107 Å². The zero-order valence-corrected chi connectivity index (χ0v) is 10.8. The van der Waals surface area contributed by atoms with Gasteiger partial charge in [-0.15, -0.1) is 10.2 Å². The summed E-state index contributed by atoms with van der Waals surface area (Å²) in [6.07, 6.45) is 7.61. The van der Waals surface area contributed by atoms with Crippen LogP contribution in [0.2, 0.25) is 0 Å². The third-order valence-corrected chi connectivity index (χ3v) is 5.40. The van der Waals surface area contributed by atoms with E-state index in [9.17, 15) is 5.11 Å². The van der Waals surface area contributed by atoms with Crippen molar-refractivity contribution >= 4 is 0 Å². The van der Waals surface area contributed by atoms with E-state index in [0.29, 0.717) is 18.4 Å². The van der Waals surface area contributed by atoms with Crippen LogP contribution in [0.15, 0.2) is 0 Å². The van der Waals surface area contributed by atoms with Crippen molar-refractivity contribution in [1.29, 1.82) is 0 Å². The molecule has 2 bridgehead atoms. The molecule has 1 N–H and O–H groups in total. The number of nitrogens with zero attached hydrogens (tertiary/aromatic N) is 3.